The Balaban J connectivity index is 2.47. The lowest BCUT2D eigenvalue weighted by atomic mass is 10.2. The molecule has 1 fully saturated rings. The highest BCUT2D eigenvalue weighted by Crippen LogP contribution is 2.18. The number of rotatable bonds is 1. The average molecular weight is 212 g/mol. The van der Waals surface area contributed by atoms with E-state index in [1.54, 1.807) is 4.90 Å². The first-order chi connectivity index (χ1) is 6.92. The van der Waals surface area contributed by atoms with Gasteiger partial charge in [-0.2, -0.15) is 0 Å². The molecule has 1 aliphatic rings. The molecule has 0 atom stereocenters. The number of likely N-dealkylation sites (tertiary alicyclic amines) is 1. The molecule has 0 saturated carbocycles. The van der Waals surface area contributed by atoms with Gasteiger partial charge < -0.3 is 15.4 Å². The van der Waals surface area contributed by atoms with E-state index in [2.05, 4.69) is 0 Å². The number of carbonyl (C=O) groups is 1. The van der Waals surface area contributed by atoms with Gasteiger partial charge in [0.2, 0.25) is 0 Å². The summed E-state index contributed by atoms with van der Waals surface area (Å²) in [5, 5.41) is 0. The molecule has 1 rings (SSSR count). The second kappa shape index (κ2) is 4.66. The average Bonchev–Trinajstić information content (AvgIpc) is 2.50. The standard InChI is InChI=1S/C11H20N2O2/c1-11(2,3)15-10(14)13-7-5-9(8-13)4-6-12/h4H,5-8,12H2,1-3H3/b9-4+. The molecule has 0 radical (unpaired) electrons. The van der Waals surface area contributed by atoms with E-state index in [1.807, 2.05) is 26.8 Å². The zero-order valence-corrected chi connectivity index (χ0v) is 9.75. The van der Waals surface area contributed by atoms with Crippen LogP contribution in [0.3, 0.4) is 0 Å². The lowest BCUT2D eigenvalue weighted by molar-refractivity contribution is 0.0299. The Bertz CT molecular complexity index is 266. The highest BCUT2D eigenvalue weighted by molar-refractivity contribution is 5.69. The Hall–Kier alpha value is -1.03. The molecule has 0 aromatic carbocycles. The third kappa shape index (κ3) is 3.91. The maximum absolute atomic E-state index is 11.7. The fraction of sp³-hybridized carbons (Fsp3) is 0.727. The topological polar surface area (TPSA) is 55.6 Å². The molecule has 0 aromatic rings. The molecule has 0 unspecified atom stereocenters. The summed E-state index contributed by atoms with van der Waals surface area (Å²) in [6.45, 7) is 7.55. The maximum Gasteiger partial charge on any atom is 0.410 e. The first-order valence-corrected chi connectivity index (χ1v) is 5.28. The van der Waals surface area contributed by atoms with Crippen molar-refractivity contribution in [2.75, 3.05) is 19.6 Å². The third-order valence-corrected chi connectivity index (χ3v) is 2.16. The SMILES string of the molecule is CC(C)(C)OC(=O)N1CC/C(=C\CN)C1. The Morgan fingerprint density at radius 1 is 1.60 bits per heavy atom. The monoisotopic (exact) mass is 212 g/mol. The molecule has 4 heteroatoms. The van der Waals surface area contributed by atoms with E-state index in [0.717, 1.165) is 13.0 Å². The summed E-state index contributed by atoms with van der Waals surface area (Å²) in [6, 6.07) is 0. The van der Waals surface area contributed by atoms with Gasteiger partial charge in [0, 0.05) is 19.6 Å². The van der Waals surface area contributed by atoms with Crippen molar-refractivity contribution in [2.24, 2.45) is 5.73 Å². The number of carbonyl (C=O) groups excluding carboxylic acids is 1. The largest absolute Gasteiger partial charge is 0.444 e. The fourth-order valence-corrected chi connectivity index (χ4v) is 1.50. The van der Waals surface area contributed by atoms with Crippen LogP contribution >= 0.6 is 0 Å². The van der Waals surface area contributed by atoms with Crippen molar-refractivity contribution in [3.63, 3.8) is 0 Å². The summed E-state index contributed by atoms with van der Waals surface area (Å²) in [5.41, 5.74) is 6.23. The number of amides is 1. The van der Waals surface area contributed by atoms with E-state index in [-0.39, 0.29) is 6.09 Å². The van der Waals surface area contributed by atoms with Crippen molar-refractivity contribution in [1.29, 1.82) is 0 Å². The van der Waals surface area contributed by atoms with E-state index in [0.29, 0.717) is 13.1 Å². The lowest BCUT2D eigenvalue weighted by Crippen LogP contribution is -2.34. The van der Waals surface area contributed by atoms with Crippen LogP contribution in [0.25, 0.3) is 0 Å². The smallest absolute Gasteiger partial charge is 0.410 e. The van der Waals surface area contributed by atoms with Crippen molar-refractivity contribution >= 4 is 6.09 Å². The van der Waals surface area contributed by atoms with Crippen molar-refractivity contribution in [2.45, 2.75) is 32.8 Å². The fourth-order valence-electron chi connectivity index (χ4n) is 1.50. The molecule has 2 N–H and O–H groups in total. The second-order valence-electron chi connectivity index (χ2n) is 4.75. The molecule has 1 saturated heterocycles. The van der Waals surface area contributed by atoms with Crippen LogP contribution in [-0.2, 0) is 4.74 Å². The minimum Gasteiger partial charge on any atom is -0.444 e. The zero-order chi connectivity index (χ0) is 11.5. The van der Waals surface area contributed by atoms with E-state index >= 15 is 0 Å². The van der Waals surface area contributed by atoms with Crippen LogP contribution < -0.4 is 5.73 Å². The molecule has 0 aliphatic carbocycles. The van der Waals surface area contributed by atoms with Gasteiger partial charge in [0.25, 0.3) is 0 Å². The molecular weight excluding hydrogens is 192 g/mol. The van der Waals surface area contributed by atoms with Gasteiger partial charge in [-0.3, -0.25) is 0 Å². The molecule has 0 spiro atoms. The molecule has 0 aromatic heterocycles. The predicted molar refractivity (Wildman–Crippen MR) is 59.6 cm³/mol. The van der Waals surface area contributed by atoms with Crippen LogP contribution in [0.15, 0.2) is 11.6 Å². The van der Waals surface area contributed by atoms with Crippen LogP contribution in [0.4, 0.5) is 4.79 Å². The highest BCUT2D eigenvalue weighted by atomic mass is 16.6. The zero-order valence-electron chi connectivity index (χ0n) is 9.75. The van der Waals surface area contributed by atoms with Crippen LogP contribution in [0, 0.1) is 0 Å². The van der Waals surface area contributed by atoms with Gasteiger partial charge in [0.15, 0.2) is 0 Å². The third-order valence-electron chi connectivity index (χ3n) is 2.16. The molecule has 1 aliphatic heterocycles. The van der Waals surface area contributed by atoms with E-state index in [4.69, 9.17) is 10.5 Å². The Morgan fingerprint density at radius 3 is 2.80 bits per heavy atom. The molecule has 86 valence electrons. The number of nitrogens with zero attached hydrogens (tertiary/aromatic N) is 1. The normalized spacial score (nSPS) is 19.7. The van der Waals surface area contributed by atoms with Gasteiger partial charge in [-0.15, -0.1) is 0 Å². The quantitative estimate of drug-likeness (QED) is 0.670. The van der Waals surface area contributed by atoms with Crippen molar-refractivity contribution in [3.8, 4) is 0 Å². The lowest BCUT2D eigenvalue weighted by Gasteiger charge is -2.23. The molecule has 1 amide bonds. The first-order valence-electron chi connectivity index (χ1n) is 5.28. The Kier molecular flexibility index (Phi) is 3.74. The molecule has 4 nitrogen and oxygen atoms in total. The number of hydrogen-bond acceptors (Lipinski definition) is 3. The van der Waals surface area contributed by atoms with Crippen LogP contribution in [0.2, 0.25) is 0 Å². The summed E-state index contributed by atoms with van der Waals surface area (Å²) in [7, 11) is 0. The first kappa shape index (κ1) is 12.0. The van der Waals surface area contributed by atoms with Gasteiger partial charge >= 0.3 is 6.09 Å². The van der Waals surface area contributed by atoms with Gasteiger partial charge in [-0.25, -0.2) is 4.79 Å². The number of hydrogen-bond donors (Lipinski definition) is 1. The molecule has 1 heterocycles. The van der Waals surface area contributed by atoms with Gasteiger partial charge in [0.05, 0.1) is 0 Å². The van der Waals surface area contributed by atoms with Gasteiger partial charge in [0.1, 0.15) is 5.60 Å². The van der Waals surface area contributed by atoms with Crippen LogP contribution in [-0.4, -0.2) is 36.2 Å². The van der Waals surface area contributed by atoms with Crippen LogP contribution in [0.5, 0.6) is 0 Å². The van der Waals surface area contributed by atoms with Gasteiger partial charge in [-0.05, 0) is 27.2 Å². The van der Waals surface area contributed by atoms with Crippen LogP contribution in [0.1, 0.15) is 27.2 Å². The minimum atomic E-state index is -0.419. The van der Waals surface area contributed by atoms with E-state index in [1.165, 1.54) is 5.57 Å². The summed E-state index contributed by atoms with van der Waals surface area (Å²) in [4.78, 5) is 13.4. The maximum atomic E-state index is 11.7. The Morgan fingerprint density at radius 2 is 2.27 bits per heavy atom. The summed E-state index contributed by atoms with van der Waals surface area (Å²) in [6.07, 6.45) is 2.66. The predicted octanol–water partition coefficient (Wildman–Crippen LogP) is 1.51. The van der Waals surface area contributed by atoms with E-state index < -0.39 is 5.60 Å². The van der Waals surface area contributed by atoms with Crippen molar-refractivity contribution in [1.82, 2.24) is 4.90 Å². The summed E-state index contributed by atoms with van der Waals surface area (Å²) >= 11 is 0. The molecular formula is C11H20N2O2. The van der Waals surface area contributed by atoms with Crippen molar-refractivity contribution < 1.29 is 9.53 Å². The van der Waals surface area contributed by atoms with Crippen molar-refractivity contribution in [3.05, 3.63) is 11.6 Å². The summed E-state index contributed by atoms with van der Waals surface area (Å²) in [5.74, 6) is 0. The summed E-state index contributed by atoms with van der Waals surface area (Å²) < 4.78 is 5.28. The molecule has 15 heavy (non-hydrogen) atoms. The molecule has 0 bridgehead atoms. The highest BCUT2D eigenvalue weighted by Gasteiger charge is 2.26. The second-order valence-corrected chi connectivity index (χ2v) is 4.75. The van der Waals surface area contributed by atoms with E-state index in [9.17, 15) is 4.79 Å². The minimum absolute atomic E-state index is 0.233. The number of nitrogens with two attached hydrogens (primary N) is 1. The number of ether oxygens (including phenoxy) is 1. The Labute approximate surface area is 91.1 Å². The van der Waals surface area contributed by atoms with Gasteiger partial charge in [-0.1, -0.05) is 11.6 Å².